The van der Waals surface area contributed by atoms with Crippen LogP contribution in [-0.2, 0) is 22.5 Å². The largest absolute Gasteiger partial charge is 0.383 e. The van der Waals surface area contributed by atoms with Crippen molar-refractivity contribution in [3.05, 3.63) is 34.7 Å². The molecule has 8 heteroatoms. The molecule has 2 aromatic heterocycles. The second kappa shape index (κ2) is 9.32. The van der Waals surface area contributed by atoms with E-state index < -0.39 is 0 Å². The molecular weight excluding hydrogens is 404 g/mol. The second-order valence-corrected chi connectivity index (χ2v) is 9.36. The molecule has 0 aliphatic carbocycles. The minimum atomic E-state index is 0.0249. The first-order valence-electron chi connectivity index (χ1n) is 9.89. The molecule has 1 aromatic carbocycles. The number of nitrogens with zero attached hydrogens (tertiary/aromatic N) is 1. The van der Waals surface area contributed by atoms with E-state index in [-0.39, 0.29) is 5.91 Å². The molecule has 6 nitrogen and oxygen atoms in total. The van der Waals surface area contributed by atoms with Crippen molar-refractivity contribution in [2.45, 2.75) is 32.4 Å². The maximum Gasteiger partial charge on any atom is 0.226 e. The smallest absolute Gasteiger partial charge is 0.226 e. The van der Waals surface area contributed by atoms with Crippen LogP contribution in [0.5, 0.6) is 0 Å². The average Bonchev–Trinajstić information content (AvgIpc) is 3.27. The third-order valence-corrected chi connectivity index (χ3v) is 7.19. The molecule has 1 aliphatic rings. The summed E-state index contributed by atoms with van der Waals surface area (Å²) in [7, 11) is 1.67. The van der Waals surface area contributed by atoms with Crippen LogP contribution in [-0.4, -0.2) is 43.7 Å². The van der Waals surface area contributed by atoms with E-state index in [9.17, 15) is 4.79 Å². The maximum atomic E-state index is 12.6. The molecule has 3 N–H and O–H groups in total. The van der Waals surface area contributed by atoms with Gasteiger partial charge in [0.15, 0.2) is 0 Å². The molecule has 29 heavy (non-hydrogen) atoms. The van der Waals surface area contributed by atoms with Crippen molar-refractivity contribution in [2.24, 2.45) is 0 Å². The number of fused-ring (bicyclic) bond motifs is 2. The lowest BCUT2D eigenvalue weighted by Crippen LogP contribution is -2.32. The van der Waals surface area contributed by atoms with Gasteiger partial charge >= 0.3 is 0 Å². The minimum absolute atomic E-state index is 0.0249. The highest BCUT2D eigenvalue weighted by Crippen LogP contribution is 2.45. The van der Waals surface area contributed by atoms with Crippen LogP contribution < -0.4 is 16.0 Å². The normalized spacial score (nSPS) is 16.1. The van der Waals surface area contributed by atoms with E-state index in [4.69, 9.17) is 9.72 Å². The Morgan fingerprint density at radius 2 is 2.17 bits per heavy atom. The number of thiazole rings is 1. The van der Waals surface area contributed by atoms with Gasteiger partial charge in [-0.1, -0.05) is 12.1 Å². The van der Waals surface area contributed by atoms with Gasteiger partial charge < -0.3 is 20.7 Å². The predicted molar refractivity (Wildman–Crippen MR) is 121 cm³/mol. The van der Waals surface area contributed by atoms with E-state index in [1.54, 1.807) is 29.8 Å². The number of carbonyl (C=O) groups is 1. The molecule has 0 radical (unpaired) electrons. The van der Waals surface area contributed by atoms with Gasteiger partial charge in [0, 0.05) is 49.6 Å². The molecule has 0 bridgehead atoms. The number of ether oxygens (including phenoxy) is 1. The summed E-state index contributed by atoms with van der Waals surface area (Å²) in [6, 6.07) is 8.61. The molecule has 0 saturated heterocycles. The van der Waals surface area contributed by atoms with Crippen molar-refractivity contribution in [3.8, 4) is 10.6 Å². The van der Waals surface area contributed by atoms with Crippen LogP contribution in [0.4, 0.5) is 5.00 Å². The summed E-state index contributed by atoms with van der Waals surface area (Å²) in [5.41, 5.74) is 3.45. The van der Waals surface area contributed by atoms with Crippen molar-refractivity contribution in [2.75, 3.05) is 32.1 Å². The number of hydrogen-bond donors (Lipinski definition) is 3. The Morgan fingerprint density at radius 1 is 1.31 bits per heavy atom. The number of aromatic nitrogens is 1. The number of methoxy groups -OCH3 is 1. The van der Waals surface area contributed by atoms with Crippen LogP contribution in [0.15, 0.2) is 24.3 Å². The number of amides is 1. The SMILES string of the molecule is COCCNCCC(=O)Nc1sc2c(c1-c1nc3ccccc3s1)C[C@H](C)NC2. The van der Waals surface area contributed by atoms with Crippen molar-refractivity contribution in [3.63, 3.8) is 0 Å². The average molecular weight is 431 g/mol. The number of benzene rings is 1. The lowest BCUT2D eigenvalue weighted by molar-refractivity contribution is -0.116. The molecule has 3 aromatic rings. The van der Waals surface area contributed by atoms with Crippen LogP contribution >= 0.6 is 22.7 Å². The predicted octanol–water partition coefficient (Wildman–Crippen LogP) is 3.62. The van der Waals surface area contributed by atoms with Gasteiger partial charge in [-0.3, -0.25) is 4.79 Å². The Hall–Kier alpha value is -1.84. The zero-order valence-electron chi connectivity index (χ0n) is 16.7. The summed E-state index contributed by atoms with van der Waals surface area (Å²) in [4.78, 5) is 18.7. The van der Waals surface area contributed by atoms with Gasteiger partial charge in [0.05, 0.1) is 16.8 Å². The standard InChI is InChI=1S/C21H26N4O2S2/c1-13-11-14-17(12-23-13)29-21(25-18(26)7-8-22-9-10-27-2)19(14)20-24-15-5-3-4-6-16(15)28-20/h3-6,13,22-23H,7-12H2,1-2H3,(H,25,26)/t13-/m0/s1. The number of hydrogen-bond acceptors (Lipinski definition) is 7. The fourth-order valence-electron chi connectivity index (χ4n) is 3.50. The van der Waals surface area contributed by atoms with Crippen molar-refractivity contribution < 1.29 is 9.53 Å². The van der Waals surface area contributed by atoms with Gasteiger partial charge in [-0.25, -0.2) is 4.98 Å². The van der Waals surface area contributed by atoms with E-state index in [0.29, 0.717) is 25.6 Å². The summed E-state index contributed by atoms with van der Waals surface area (Å²) >= 11 is 3.37. The quantitative estimate of drug-likeness (QED) is 0.476. The van der Waals surface area contributed by atoms with Crippen LogP contribution in [0, 0.1) is 0 Å². The minimum Gasteiger partial charge on any atom is -0.383 e. The number of para-hydroxylation sites is 1. The zero-order valence-corrected chi connectivity index (χ0v) is 18.3. The Morgan fingerprint density at radius 3 is 3.00 bits per heavy atom. The van der Waals surface area contributed by atoms with E-state index in [2.05, 4.69) is 28.9 Å². The summed E-state index contributed by atoms with van der Waals surface area (Å²) < 4.78 is 6.19. The Bertz CT molecular complexity index is 965. The molecule has 0 unspecified atom stereocenters. The van der Waals surface area contributed by atoms with Crippen LogP contribution in [0.1, 0.15) is 23.8 Å². The first-order chi connectivity index (χ1) is 14.2. The monoisotopic (exact) mass is 430 g/mol. The molecule has 0 spiro atoms. The maximum absolute atomic E-state index is 12.6. The van der Waals surface area contributed by atoms with Crippen molar-refractivity contribution in [1.29, 1.82) is 0 Å². The molecule has 3 heterocycles. The summed E-state index contributed by atoms with van der Waals surface area (Å²) in [5.74, 6) is 0.0249. The number of nitrogens with one attached hydrogen (secondary N) is 3. The Balaban J connectivity index is 1.59. The molecule has 0 fully saturated rings. The van der Waals surface area contributed by atoms with Gasteiger partial charge in [0.2, 0.25) is 5.91 Å². The second-order valence-electron chi connectivity index (χ2n) is 7.22. The lowest BCUT2D eigenvalue weighted by Gasteiger charge is -2.20. The first-order valence-corrected chi connectivity index (χ1v) is 11.5. The third kappa shape index (κ3) is 4.67. The highest BCUT2D eigenvalue weighted by Gasteiger charge is 2.27. The zero-order chi connectivity index (χ0) is 20.2. The van der Waals surface area contributed by atoms with E-state index in [1.165, 1.54) is 15.1 Å². The molecule has 4 rings (SSSR count). The topological polar surface area (TPSA) is 75.3 Å². The fourth-order valence-corrected chi connectivity index (χ4v) is 5.81. The van der Waals surface area contributed by atoms with Crippen molar-refractivity contribution in [1.82, 2.24) is 15.6 Å². The van der Waals surface area contributed by atoms with E-state index in [1.807, 2.05) is 18.2 Å². The third-order valence-electron chi connectivity index (χ3n) is 4.98. The van der Waals surface area contributed by atoms with Crippen LogP contribution in [0.2, 0.25) is 0 Å². The first kappa shape index (κ1) is 20.4. The molecule has 1 atom stereocenters. The number of thiophene rings is 1. The van der Waals surface area contributed by atoms with E-state index in [0.717, 1.165) is 40.6 Å². The van der Waals surface area contributed by atoms with Crippen LogP contribution in [0.25, 0.3) is 20.8 Å². The number of rotatable bonds is 8. The number of carbonyl (C=O) groups excluding carboxylic acids is 1. The van der Waals surface area contributed by atoms with Gasteiger partial charge in [-0.05, 0) is 31.0 Å². The van der Waals surface area contributed by atoms with Gasteiger partial charge in [-0.15, -0.1) is 22.7 Å². The summed E-state index contributed by atoms with van der Waals surface area (Å²) in [6.07, 6.45) is 1.38. The molecule has 1 amide bonds. The van der Waals surface area contributed by atoms with Gasteiger partial charge in [-0.2, -0.15) is 0 Å². The lowest BCUT2D eigenvalue weighted by atomic mass is 9.99. The molecular formula is C21H26N4O2S2. The number of anilines is 1. The van der Waals surface area contributed by atoms with Gasteiger partial charge in [0.25, 0.3) is 0 Å². The molecule has 0 saturated carbocycles. The highest BCUT2D eigenvalue weighted by molar-refractivity contribution is 7.22. The molecule has 154 valence electrons. The Kier molecular flexibility index (Phi) is 6.56. The fraction of sp³-hybridized carbons (Fsp3) is 0.429. The summed E-state index contributed by atoms with van der Waals surface area (Å²) in [6.45, 7) is 5.07. The Labute approximate surface area is 178 Å². The summed E-state index contributed by atoms with van der Waals surface area (Å²) in [5, 5.41) is 11.8. The van der Waals surface area contributed by atoms with E-state index >= 15 is 0 Å². The highest BCUT2D eigenvalue weighted by atomic mass is 32.1. The van der Waals surface area contributed by atoms with Crippen molar-refractivity contribution >= 4 is 43.8 Å². The van der Waals surface area contributed by atoms with Crippen LogP contribution in [0.3, 0.4) is 0 Å². The molecule has 1 aliphatic heterocycles. The van der Waals surface area contributed by atoms with Gasteiger partial charge in [0.1, 0.15) is 10.0 Å².